The van der Waals surface area contributed by atoms with E-state index >= 15 is 0 Å². The van der Waals surface area contributed by atoms with Crippen molar-refractivity contribution in [1.82, 2.24) is 0 Å². The summed E-state index contributed by atoms with van der Waals surface area (Å²) in [6, 6.07) is 4.56. The van der Waals surface area contributed by atoms with E-state index in [-0.39, 0.29) is 17.0 Å². The molecule has 1 aliphatic rings. The lowest BCUT2D eigenvalue weighted by Gasteiger charge is -2.25. The maximum absolute atomic E-state index is 13.2. The molecular formula is C14H16BrFO. The highest BCUT2D eigenvalue weighted by Crippen LogP contribution is 2.43. The van der Waals surface area contributed by atoms with Crippen LogP contribution in [0.1, 0.15) is 49.4 Å². The third kappa shape index (κ3) is 2.30. The lowest BCUT2D eigenvalue weighted by molar-refractivity contribution is 0.0791. The second kappa shape index (κ2) is 4.89. The Morgan fingerprint density at radius 1 is 1.41 bits per heavy atom. The molecule has 0 atom stereocenters. The summed E-state index contributed by atoms with van der Waals surface area (Å²) in [6.07, 6.45) is 5.07. The van der Waals surface area contributed by atoms with E-state index in [9.17, 15) is 9.18 Å². The quantitative estimate of drug-likeness (QED) is 0.737. The van der Waals surface area contributed by atoms with Crippen molar-refractivity contribution in [3.05, 3.63) is 34.1 Å². The Balaban J connectivity index is 2.32. The largest absolute Gasteiger partial charge is 0.294 e. The minimum atomic E-state index is -0.321. The number of hydrogen-bond donors (Lipinski definition) is 0. The number of carbonyl (C=O) groups is 1. The molecule has 0 N–H and O–H groups in total. The maximum Gasteiger partial charge on any atom is 0.169 e. The minimum Gasteiger partial charge on any atom is -0.294 e. The van der Waals surface area contributed by atoms with E-state index in [2.05, 4.69) is 22.9 Å². The highest BCUT2D eigenvalue weighted by atomic mass is 79.9. The van der Waals surface area contributed by atoms with Gasteiger partial charge in [-0.3, -0.25) is 4.79 Å². The van der Waals surface area contributed by atoms with Gasteiger partial charge in [-0.25, -0.2) is 4.39 Å². The van der Waals surface area contributed by atoms with Gasteiger partial charge < -0.3 is 0 Å². The Labute approximate surface area is 110 Å². The third-order valence-corrected chi connectivity index (χ3v) is 4.51. The molecule has 0 aromatic heterocycles. The highest BCUT2D eigenvalue weighted by molar-refractivity contribution is 9.10. The number of hydrogen-bond acceptors (Lipinski definition) is 1. The monoisotopic (exact) mass is 298 g/mol. The second-order valence-electron chi connectivity index (χ2n) is 4.80. The first-order chi connectivity index (χ1) is 8.09. The first-order valence-electron chi connectivity index (χ1n) is 6.09. The fourth-order valence-corrected chi connectivity index (χ4v) is 3.12. The first-order valence-corrected chi connectivity index (χ1v) is 6.88. The summed E-state index contributed by atoms with van der Waals surface area (Å²) < 4.78 is 13.5. The van der Waals surface area contributed by atoms with Crippen LogP contribution < -0.4 is 0 Å². The molecule has 1 aliphatic carbocycles. The predicted molar refractivity (Wildman–Crippen MR) is 69.6 cm³/mol. The molecule has 3 heteroatoms. The average molecular weight is 299 g/mol. The SMILES string of the molecule is CCC1(C(=O)c2ccc(F)c(Br)c2)CCCC1. The van der Waals surface area contributed by atoms with Crippen LogP contribution in [-0.2, 0) is 0 Å². The molecule has 0 spiro atoms. The van der Waals surface area contributed by atoms with Gasteiger partial charge >= 0.3 is 0 Å². The molecule has 0 saturated heterocycles. The van der Waals surface area contributed by atoms with E-state index in [1.54, 1.807) is 12.1 Å². The van der Waals surface area contributed by atoms with Gasteiger partial charge in [0.25, 0.3) is 0 Å². The van der Waals surface area contributed by atoms with Gasteiger partial charge in [-0.15, -0.1) is 0 Å². The van der Waals surface area contributed by atoms with Crippen LogP contribution in [0.5, 0.6) is 0 Å². The normalized spacial score (nSPS) is 18.3. The van der Waals surface area contributed by atoms with Gasteiger partial charge in [-0.1, -0.05) is 19.8 Å². The molecule has 17 heavy (non-hydrogen) atoms. The lowest BCUT2D eigenvalue weighted by Crippen LogP contribution is -2.27. The zero-order valence-corrected chi connectivity index (χ0v) is 11.5. The summed E-state index contributed by atoms with van der Waals surface area (Å²) in [5.74, 6) is -0.142. The van der Waals surface area contributed by atoms with Gasteiger partial charge in [-0.05, 0) is 53.4 Å². The molecule has 1 aromatic rings. The molecule has 0 bridgehead atoms. The summed E-state index contributed by atoms with van der Waals surface area (Å²) in [6.45, 7) is 2.07. The van der Waals surface area contributed by atoms with E-state index < -0.39 is 0 Å². The summed E-state index contributed by atoms with van der Waals surface area (Å²) in [5, 5.41) is 0. The smallest absolute Gasteiger partial charge is 0.169 e. The maximum atomic E-state index is 13.2. The third-order valence-electron chi connectivity index (χ3n) is 3.90. The van der Waals surface area contributed by atoms with E-state index in [1.165, 1.54) is 6.07 Å². The molecule has 2 rings (SSSR count). The molecule has 92 valence electrons. The number of benzene rings is 1. The van der Waals surface area contributed by atoms with Crippen LogP contribution in [0.25, 0.3) is 0 Å². The predicted octanol–water partition coefficient (Wildman–Crippen LogP) is 4.74. The molecular weight excluding hydrogens is 283 g/mol. The van der Waals surface area contributed by atoms with Crippen molar-refractivity contribution in [2.75, 3.05) is 0 Å². The summed E-state index contributed by atoms with van der Waals surface area (Å²) in [7, 11) is 0. The Morgan fingerprint density at radius 3 is 2.59 bits per heavy atom. The van der Waals surface area contributed by atoms with Crippen LogP contribution in [0, 0.1) is 11.2 Å². The first kappa shape index (κ1) is 12.7. The van der Waals surface area contributed by atoms with Crippen LogP contribution in [0.2, 0.25) is 0 Å². The lowest BCUT2D eigenvalue weighted by atomic mass is 9.76. The zero-order chi connectivity index (χ0) is 12.5. The van der Waals surface area contributed by atoms with Crippen LogP contribution in [0.4, 0.5) is 4.39 Å². The van der Waals surface area contributed by atoms with Gasteiger partial charge in [0.1, 0.15) is 5.82 Å². The standard InChI is InChI=1S/C14H16BrFO/c1-2-14(7-3-4-8-14)13(17)10-5-6-12(16)11(15)9-10/h5-6,9H,2-4,7-8H2,1H3. The van der Waals surface area contributed by atoms with E-state index in [0.717, 1.165) is 32.1 Å². The van der Waals surface area contributed by atoms with Crippen molar-refractivity contribution in [3.8, 4) is 0 Å². The molecule has 0 amide bonds. The molecule has 1 aromatic carbocycles. The summed E-state index contributed by atoms with van der Waals surface area (Å²) >= 11 is 3.14. The van der Waals surface area contributed by atoms with Gasteiger partial charge in [0.05, 0.1) is 4.47 Å². The number of rotatable bonds is 3. The van der Waals surface area contributed by atoms with E-state index in [4.69, 9.17) is 0 Å². The van der Waals surface area contributed by atoms with Crippen LogP contribution in [-0.4, -0.2) is 5.78 Å². The van der Waals surface area contributed by atoms with Crippen molar-refractivity contribution in [3.63, 3.8) is 0 Å². The summed E-state index contributed by atoms with van der Waals surface area (Å²) in [4.78, 5) is 12.5. The summed E-state index contributed by atoms with van der Waals surface area (Å²) in [5.41, 5.74) is 0.430. The molecule has 1 fully saturated rings. The van der Waals surface area contributed by atoms with Crippen LogP contribution in [0.15, 0.2) is 22.7 Å². The Bertz CT molecular complexity index is 436. The molecule has 0 aliphatic heterocycles. The number of halogens is 2. The highest BCUT2D eigenvalue weighted by Gasteiger charge is 2.39. The number of Topliss-reactive ketones (excluding diaryl/α,β-unsaturated/α-hetero) is 1. The zero-order valence-electron chi connectivity index (χ0n) is 9.93. The Morgan fingerprint density at radius 2 is 2.06 bits per heavy atom. The van der Waals surface area contributed by atoms with Crippen LogP contribution in [0.3, 0.4) is 0 Å². The van der Waals surface area contributed by atoms with Gasteiger partial charge in [-0.2, -0.15) is 0 Å². The van der Waals surface area contributed by atoms with Crippen molar-refractivity contribution in [2.45, 2.75) is 39.0 Å². The molecule has 0 unspecified atom stereocenters. The van der Waals surface area contributed by atoms with Crippen LogP contribution >= 0.6 is 15.9 Å². The van der Waals surface area contributed by atoms with Crippen molar-refractivity contribution in [1.29, 1.82) is 0 Å². The van der Waals surface area contributed by atoms with Crippen molar-refractivity contribution < 1.29 is 9.18 Å². The van der Waals surface area contributed by atoms with Crippen molar-refractivity contribution >= 4 is 21.7 Å². The van der Waals surface area contributed by atoms with E-state index in [1.807, 2.05) is 0 Å². The minimum absolute atomic E-state index is 0.179. The molecule has 1 saturated carbocycles. The van der Waals surface area contributed by atoms with Gasteiger partial charge in [0.15, 0.2) is 5.78 Å². The fourth-order valence-electron chi connectivity index (χ4n) is 2.74. The Hall–Kier alpha value is -0.700. The number of ketones is 1. The van der Waals surface area contributed by atoms with Gasteiger partial charge in [0.2, 0.25) is 0 Å². The Kier molecular flexibility index (Phi) is 3.67. The molecule has 0 radical (unpaired) electrons. The molecule has 0 heterocycles. The topological polar surface area (TPSA) is 17.1 Å². The van der Waals surface area contributed by atoms with Gasteiger partial charge in [0, 0.05) is 11.0 Å². The van der Waals surface area contributed by atoms with Crippen molar-refractivity contribution in [2.24, 2.45) is 5.41 Å². The average Bonchev–Trinajstić information content (AvgIpc) is 2.81. The fraction of sp³-hybridized carbons (Fsp3) is 0.500. The second-order valence-corrected chi connectivity index (χ2v) is 5.65. The number of carbonyl (C=O) groups excluding carboxylic acids is 1. The molecule has 1 nitrogen and oxygen atoms in total. The van der Waals surface area contributed by atoms with E-state index in [0.29, 0.717) is 10.0 Å².